The first-order valence-corrected chi connectivity index (χ1v) is 6.48. The van der Waals surface area contributed by atoms with Crippen LogP contribution in [0.2, 0.25) is 0 Å². The van der Waals surface area contributed by atoms with Crippen LogP contribution in [-0.4, -0.2) is 59.7 Å². The van der Waals surface area contributed by atoms with E-state index in [1.807, 2.05) is 30.3 Å². The normalized spacial score (nSPS) is 34.1. The lowest BCUT2D eigenvalue weighted by Crippen LogP contribution is -2.59. The first-order chi connectivity index (χ1) is 9.67. The zero-order chi connectivity index (χ0) is 14.5. The summed E-state index contributed by atoms with van der Waals surface area (Å²) in [6, 6.07) is 9.43. The third-order valence-corrected chi connectivity index (χ3v) is 3.34. The average molecular weight is 284 g/mol. The second-order valence-corrected chi connectivity index (χ2v) is 4.70. The predicted molar refractivity (Wildman–Crippen MR) is 69.8 cm³/mol. The van der Waals surface area contributed by atoms with Crippen LogP contribution in [0.15, 0.2) is 30.3 Å². The summed E-state index contributed by atoms with van der Waals surface area (Å²) in [6.07, 6.45) is -4.94. The number of methoxy groups -OCH3 is 1. The molecule has 6 nitrogen and oxygen atoms in total. The molecule has 3 N–H and O–H groups in total. The third kappa shape index (κ3) is 3.35. The Morgan fingerprint density at radius 3 is 2.45 bits per heavy atom. The molecule has 1 aliphatic rings. The van der Waals surface area contributed by atoms with E-state index in [2.05, 4.69) is 0 Å². The molecule has 1 heterocycles. The van der Waals surface area contributed by atoms with Gasteiger partial charge in [-0.15, -0.1) is 0 Å². The molecule has 1 aromatic carbocycles. The summed E-state index contributed by atoms with van der Waals surface area (Å²) in [5.74, 6) is 0. The van der Waals surface area contributed by atoms with Crippen LogP contribution in [0.3, 0.4) is 0 Å². The molecule has 20 heavy (non-hydrogen) atoms. The number of hydrogen-bond acceptors (Lipinski definition) is 6. The molecule has 5 atom stereocenters. The van der Waals surface area contributed by atoms with E-state index >= 15 is 0 Å². The number of aliphatic hydroxyl groups excluding tert-OH is 3. The van der Waals surface area contributed by atoms with Gasteiger partial charge in [0.05, 0.1) is 13.2 Å². The number of ether oxygens (including phenoxy) is 3. The first-order valence-electron chi connectivity index (χ1n) is 6.48. The molecular weight excluding hydrogens is 264 g/mol. The minimum atomic E-state index is -1.22. The fraction of sp³-hybridized carbons (Fsp3) is 0.571. The minimum absolute atomic E-state index is 0.257. The summed E-state index contributed by atoms with van der Waals surface area (Å²) in [4.78, 5) is 0. The summed E-state index contributed by atoms with van der Waals surface area (Å²) in [5, 5.41) is 29.3. The molecule has 1 aromatic rings. The minimum Gasteiger partial charge on any atom is -0.394 e. The second-order valence-electron chi connectivity index (χ2n) is 4.70. The number of benzene rings is 1. The van der Waals surface area contributed by atoms with Crippen molar-refractivity contribution in [3.63, 3.8) is 0 Å². The van der Waals surface area contributed by atoms with Crippen LogP contribution in [0.1, 0.15) is 5.56 Å². The zero-order valence-electron chi connectivity index (χ0n) is 11.3. The Hall–Kier alpha value is -1.02. The molecule has 1 fully saturated rings. The molecule has 0 unspecified atom stereocenters. The lowest BCUT2D eigenvalue weighted by atomic mass is 9.99. The van der Waals surface area contributed by atoms with Crippen LogP contribution in [0.25, 0.3) is 0 Å². The fourth-order valence-electron chi connectivity index (χ4n) is 2.22. The zero-order valence-corrected chi connectivity index (χ0v) is 11.3. The Bertz CT molecular complexity index is 396. The molecule has 0 aliphatic carbocycles. The Balaban J connectivity index is 2.01. The summed E-state index contributed by atoms with van der Waals surface area (Å²) in [5.41, 5.74) is 0.930. The monoisotopic (exact) mass is 284 g/mol. The second kappa shape index (κ2) is 7.12. The highest BCUT2D eigenvalue weighted by molar-refractivity contribution is 5.13. The topological polar surface area (TPSA) is 88.4 Å². The highest BCUT2D eigenvalue weighted by atomic mass is 16.7. The van der Waals surface area contributed by atoms with Crippen molar-refractivity contribution < 1.29 is 29.5 Å². The van der Waals surface area contributed by atoms with Crippen molar-refractivity contribution in [2.45, 2.75) is 37.3 Å². The van der Waals surface area contributed by atoms with Crippen molar-refractivity contribution in [2.75, 3.05) is 13.7 Å². The smallest absolute Gasteiger partial charge is 0.186 e. The Morgan fingerprint density at radius 2 is 1.85 bits per heavy atom. The van der Waals surface area contributed by atoms with E-state index in [-0.39, 0.29) is 13.2 Å². The maximum Gasteiger partial charge on any atom is 0.186 e. The van der Waals surface area contributed by atoms with Crippen molar-refractivity contribution in [2.24, 2.45) is 0 Å². The van der Waals surface area contributed by atoms with Gasteiger partial charge in [-0.3, -0.25) is 0 Å². The lowest BCUT2D eigenvalue weighted by molar-refractivity contribution is -0.302. The fourth-order valence-corrected chi connectivity index (χ4v) is 2.22. The predicted octanol–water partition coefficient (Wildman–Crippen LogP) is -0.343. The molecular formula is C14H20O6. The number of hydrogen-bond donors (Lipinski definition) is 3. The highest BCUT2D eigenvalue weighted by Gasteiger charge is 2.45. The van der Waals surface area contributed by atoms with Gasteiger partial charge < -0.3 is 29.5 Å². The SMILES string of the molecule is CO[C@H]1O[C@H](CO)[C@@H](OCc2ccccc2)[C@H](O)[C@H]1O. The van der Waals surface area contributed by atoms with Crippen LogP contribution in [0.5, 0.6) is 0 Å². The van der Waals surface area contributed by atoms with Gasteiger partial charge in [0.25, 0.3) is 0 Å². The first kappa shape index (κ1) is 15.4. The van der Waals surface area contributed by atoms with E-state index in [9.17, 15) is 15.3 Å². The summed E-state index contributed by atoms with van der Waals surface area (Å²) >= 11 is 0. The van der Waals surface area contributed by atoms with Gasteiger partial charge in [-0.05, 0) is 5.56 Å². The molecule has 0 aromatic heterocycles. The number of rotatable bonds is 5. The van der Waals surface area contributed by atoms with Gasteiger partial charge in [0.1, 0.15) is 24.4 Å². The average Bonchev–Trinajstić information content (AvgIpc) is 2.49. The van der Waals surface area contributed by atoms with Gasteiger partial charge in [0.15, 0.2) is 6.29 Å². The quantitative estimate of drug-likeness (QED) is 0.685. The van der Waals surface area contributed by atoms with Crippen LogP contribution in [-0.2, 0) is 20.8 Å². The van der Waals surface area contributed by atoms with Gasteiger partial charge in [-0.2, -0.15) is 0 Å². The molecule has 0 radical (unpaired) electrons. The third-order valence-electron chi connectivity index (χ3n) is 3.34. The van der Waals surface area contributed by atoms with Crippen molar-refractivity contribution >= 4 is 0 Å². The van der Waals surface area contributed by atoms with Crippen LogP contribution in [0.4, 0.5) is 0 Å². The summed E-state index contributed by atoms with van der Waals surface area (Å²) in [6.45, 7) is -0.0735. The molecule has 0 bridgehead atoms. The molecule has 112 valence electrons. The molecule has 0 spiro atoms. The van der Waals surface area contributed by atoms with Crippen LogP contribution < -0.4 is 0 Å². The van der Waals surface area contributed by atoms with E-state index in [0.29, 0.717) is 0 Å². The maximum absolute atomic E-state index is 10.1. The van der Waals surface area contributed by atoms with Gasteiger partial charge in [0, 0.05) is 7.11 Å². The van der Waals surface area contributed by atoms with Crippen molar-refractivity contribution in [1.82, 2.24) is 0 Å². The van der Waals surface area contributed by atoms with Crippen molar-refractivity contribution in [1.29, 1.82) is 0 Å². The van der Waals surface area contributed by atoms with Gasteiger partial charge in [-0.25, -0.2) is 0 Å². The lowest BCUT2D eigenvalue weighted by Gasteiger charge is -2.41. The van der Waals surface area contributed by atoms with Crippen molar-refractivity contribution in [3.8, 4) is 0 Å². The Morgan fingerprint density at radius 1 is 1.15 bits per heavy atom. The van der Waals surface area contributed by atoms with Gasteiger partial charge in [0.2, 0.25) is 0 Å². The van der Waals surface area contributed by atoms with Gasteiger partial charge in [-0.1, -0.05) is 30.3 Å². The Kier molecular flexibility index (Phi) is 5.47. The van der Waals surface area contributed by atoms with E-state index in [4.69, 9.17) is 14.2 Å². The Labute approximate surface area is 117 Å². The maximum atomic E-state index is 10.1. The molecule has 6 heteroatoms. The summed E-state index contributed by atoms with van der Waals surface area (Å²) < 4.78 is 15.9. The van der Waals surface area contributed by atoms with Gasteiger partial charge >= 0.3 is 0 Å². The van der Waals surface area contributed by atoms with E-state index < -0.39 is 30.7 Å². The molecule has 0 saturated carbocycles. The molecule has 1 aliphatic heterocycles. The van der Waals surface area contributed by atoms with E-state index in [1.165, 1.54) is 7.11 Å². The standard InChI is InChI=1S/C14H20O6/c1-18-14-12(17)11(16)13(10(7-15)20-14)19-8-9-5-3-2-4-6-9/h2-6,10-17H,7-8H2,1H3/t10-,11-,12-,13-,14+/m1/s1. The number of aliphatic hydroxyl groups is 3. The molecule has 1 saturated heterocycles. The van der Waals surface area contributed by atoms with Crippen LogP contribution >= 0.6 is 0 Å². The van der Waals surface area contributed by atoms with Crippen molar-refractivity contribution in [3.05, 3.63) is 35.9 Å². The van der Waals surface area contributed by atoms with E-state index in [0.717, 1.165) is 5.56 Å². The summed E-state index contributed by atoms with van der Waals surface area (Å²) in [7, 11) is 1.36. The van der Waals surface area contributed by atoms with Crippen LogP contribution in [0, 0.1) is 0 Å². The van der Waals surface area contributed by atoms with E-state index in [1.54, 1.807) is 0 Å². The molecule has 0 amide bonds. The molecule has 2 rings (SSSR count). The largest absolute Gasteiger partial charge is 0.394 e. The highest BCUT2D eigenvalue weighted by Crippen LogP contribution is 2.24.